The fourth-order valence-corrected chi connectivity index (χ4v) is 2.79. The van der Waals surface area contributed by atoms with Crippen LogP contribution in [0.2, 0.25) is 5.02 Å². The Labute approximate surface area is 148 Å². The van der Waals surface area contributed by atoms with E-state index in [0.29, 0.717) is 21.8 Å². The van der Waals surface area contributed by atoms with Crippen LogP contribution in [0.3, 0.4) is 0 Å². The fraction of sp³-hybridized carbons (Fsp3) is 0.250. The van der Waals surface area contributed by atoms with Crippen LogP contribution in [-0.4, -0.2) is 52.2 Å². The van der Waals surface area contributed by atoms with Crippen molar-refractivity contribution in [2.45, 2.75) is 0 Å². The van der Waals surface area contributed by atoms with Crippen molar-refractivity contribution >= 4 is 29.4 Å². The molecule has 0 saturated carbocycles. The molecule has 0 unspecified atom stereocenters. The van der Waals surface area contributed by atoms with Gasteiger partial charge < -0.3 is 10.6 Å². The molecule has 1 aromatic carbocycles. The van der Waals surface area contributed by atoms with Crippen molar-refractivity contribution < 1.29 is 14.4 Å². The zero-order chi connectivity index (χ0) is 18.0. The van der Waals surface area contributed by atoms with Gasteiger partial charge in [0.05, 0.1) is 17.1 Å². The molecule has 2 N–H and O–H groups in total. The van der Waals surface area contributed by atoms with Crippen molar-refractivity contribution in [3.05, 3.63) is 41.0 Å². The molecule has 9 heteroatoms. The quantitative estimate of drug-likeness (QED) is 0.777. The molecule has 0 radical (unpaired) electrons. The second-order valence-electron chi connectivity index (χ2n) is 5.50. The number of benzene rings is 1. The zero-order valence-corrected chi connectivity index (χ0v) is 14.2. The molecular weight excluding hydrogens is 346 g/mol. The van der Waals surface area contributed by atoms with Gasteiger partial charge in [0.25, 0.3) is 5.91 Å². The highest BCUT2D eigenvalue weighted by Crippen LogP contribution is 2.28. The van der Waals surface area contributed by atoms with Gasteiger partial charge in [-0.05, 0) is 6.07 Å². The Morgan fingerprint density at radius 3 is 2.80 bits per heavy atom. The van der Waals surface area contributed by atoms with E-state index in [2.05, 4.69) is 15.7 Å². The van der Waals surface area contributed by atoms with E-state index in [9.17, 15) is 14.4 Å². The Hall–Kier alpha value is -2.87. The monoisotopic (exact) mass is 361 g/mol. The number of hydrogen-bond donors (Lipinski definition) is 2. The summed E-state index contributed by atoms with van der Waals surface area (Å²) in [6.45, 7) is 0.249. The molecule has 3 rings (SSSR count). The fourth-order valence-electron chi connectivity index (χ4n) is 2.56. The lowest BCUT2D eigenvalue weighted by molar-refractivity contribution is -0.124. The minimum Gasteiger partial charge on any atom is -0.350 e. The number of imide groups is 1. The maximum absolute atomic E-state index is 12.5. The van der Waals surface area contributed by atoms with Crippen molar-refractivity contribution in [1.82, 2.24) is 25.3 Å². The number of rotatable bonds is 5. The average Bonchev–Trinajstić information content (AvgIpc) is 3.12. The Bertz CT molecular complexity index is 832. The molecule has 1 fully saturated rings. The van der Waals surface area contributed by atoms with Gasteiger partial charge in [-0.1, -0.05) is 29.8 Å². The van der Waals surface area contributed by atoms with Crippen molar-refractivity contribution in [1.29, 1.82) is 0 Å². The Morgan fingerprint density at radius 1 is 1.36 bits per heavy atom. The standard InChI is InChI=1S/C16H16ClN5O3/c1-21-9-11(14(20-21)10-4-2-3-5-12(10)17)15(24)18-6-7-22-13(23)8-19-16(22)25/h2-5,9H,6-8H2,1H3,(H,18,24)(H,19,25). The second-order valence-corrected chi connectivity index (χ2v) is 5.91. The van der Waals surface area contributed by atoms with Crippen LogP contribution >= 0.6 is 11.6 Å². The van der Waals surface area contributed by atoms with Gasteiger partial charge in [0.1, 0.15) is 5.69 Å². The molecule has 0 aliphatic carbocycles. The van der Waals surface area contributed by atoms with Gasteiger partial charge in [0.2, 0.25) is 5.91 Å². The third-order valence-electron chi connectivity index (χ3n) is 3.76. The van der Waals surface area contributed by atoms with Crippen LogP contribution < -0.4 is 10.6 Å². The lowest BCUT2D eigenvalue weighted by Crippen LogP contribution is -2.38. The Balaban J connectivity index is 1.72. The van der Waals surface area contributed by atoms with Crippen LogP contribution in [0.5, 0.6) is 0 Å². The van der Waals surface area contributed by atoms with Crippen molar-refractivity contribution in [3.8, 4) is 11.3 Å². The number of nitrogens with one attached hydrogen (secondary N) is 2. The molecule has 0 bridgehead atoms. The van der Waals surface area contributed by atoms with E-state index in [0.717, 1.165) is 4.90 Å². The van der Waals surface area contributed by atoms with Gasteiger partial charge in [-0.3, -0.25) is 19.2 Å². The van der Waals surface area contributed by atoms with Crippen LogP contribution in [0, 0.1) is 0 Å². The molecule has 130 valence electrons. The molecule has 1 aliphatic heterocycles. The van der Waals surface area contributed by atoms with Crippen LogP contribution in [0.4, 0.5) is 4.79 Å². The highest BCUT2D eigenvalue weighted by molar-refractivity contribution is 6.33. The second kappa shape index (κ2) is 6.94. The number of hydrogen-bond acceptors (Lipinski definition) is 4. The predicted molar refractivity (Wildman–Crippen MR) is 91.1 cm³/mol. The zero-order valence-electron chi connectivity index (χ0n) is 13.5. The summed E-state index contributed by atoms with van der Waals surface area (Å²) in [6, 6.07) is 6.68. The maximum Gasteiger partial charge on any atom is 0.324 e. The lowest BCUT2D eigenvalue weighted by atomic mass is 10.1. The van der Waals surface area contributed by atoms with Crippen molar-refractivity contribution in [2.75, 3.05) is 19.6 Å². The molecule has 2 heterocycles. The van der Waals surface area contributed by atoms with Crippen molar-refractivity contribution in [2.24, 2.45) is 7.05 Å². The summed E-state index contributed by atoms with van der Waals surface area (Å²) < 4.78 is 1.53. The van der Waals surface area contributed by atoms with Crippen LogP contribution in [0.25, 0.3) is 11.3 Å². The summed E-state index contributed by atoms with van der Waals surface area (Å²) in [5.41, 5.74) is 1.50. The van der Waals surface area contributed by atoms with Crippen molar-refractivity contribution in [3.63, 3.8) is 0 Å². The van der Waals surface area contributed by atoms with Crippen LogP contribution in [0.15, 0.2) is 30.5 Å². The lowest BCUT2D eigenvalue weighted by Gasteiger charge is -2.12. The third kappa shape index (κ3) is 3.48. The summed E-state index contributed by atoms with van der Waals surface area (Å²) >= 11 is 6.20. The molecule has 25 heavy (non-hydrogen) atoms. The maximum atomic E-state index is 12.5. The number of aromatic nitrogens is 2. The molecule has 0 atom stereocenters. The summed E-state index contributed by atoms with van der Waals surface area (Å²) in [5.74, 6) is -0.660. The molecule has 1 aromatic heterocycles. The van der Waals surface area contributed by atoms with Gasteiger partial charge >= 0.3 is 6.03 Å². The summed E-state index contributed by atoms with van der Waals surface area (Å²) in [7, 11) is 1.71. The highest BCUT2D eigenvalue weighted by atomic mass is 35.5. The highest BCUT2D eigenvalue weighted by Gasteiger charge is 2.28. The van der Waals surface area contributed by atoms with E-state index in [4.69, 9.17) is 11.6 Å². The molecule has 2 aromatic rings. The first-order chi connectivity index (χ1) is 12.0. The first kappa shape index (κ1) is 17.0. The molecule has 8 nitrogen and oxygen atoms in total. The van der Waals surface area contributed by atoms with E-state index < -0.39 is 6.03 Å². The van der Waals surface area contributed by atoms with Crippen LogP contribution in [-0.2, 0) is 11.8 Å². The number of halogens is 1. The SMILES string of the molecule is Cn1cc(C(=O)NCCN2C(=O)CNC2=O)c(-c2ccccc2Cl)n1. The topological polar surface area (TPSA) is 96.3 Å². The molecule has 4 amide bonds. The van der Waals surface area contributed by atoms with Gasteiger partial charge in [0.15, 0.2) is 0 Å². The minimum absolute atomic E-state index is 0.00790. The van der Waals surface area contributed by atoms with Gasteiger partial charge in [-0.2, -0.15) is 5.10 Å². The minimum atomic E-state index is -0.447. The van der Waals surface area contributed by atoms with Crippen LogP contribution in [0.1, 0.15) is 10.4 Å². The van der Waals surface area contributed by atoms with E-state index in [1.165, 1.54) is 4.68 Å². The Morgan fingerprint density at radius 2 is 2.12 bits per heavy atom. The molecule has 0 spiro atoms. The van der Waals surface area contributed by atoms with E-state index in [-0.39, 0.29) is 31.4 Å². The summed E-state index contributed by atoms with van der Waals surface area (Å²) in [6.07, 6.45) is 1.60. The van der Waals surface area contributed by atoms with Gasteiger partial charge in [0, 0.05) is 31.9 Å². The number of carbonyl (C=O) groups is 3. The summed E-state index contributed by atoms with van der Waals surface area (Å²) in [4.78, 5) is 36.5. The predicted octanol–water partition coefficient (Wildman–Crippen LogP) is 1.02. The summed E-state index contributed by atoms with van der Waals surface area (Å²) in [5, 5.41) is 9.94. The molecular formula is C16H16ClN5O3. The molecule has 1 aliphatic rings. The van der Waals surface area contributed by atoms with E-state index >= 15 is 0 Å². The number of carbonyl (C=O) groups excluding carboxylic acids is 3. The number of aryl methyl sites for hydroxylation is 1. The van der Waals surface area contributed by atoms with Gasteiger partial charge in [-0.25, -0.2) is 4.79 Å². The smallest absolute Gasteiger partial charge is 0.324 e. The number of nitrogens with zero attached hydrogens (tertiary/aromatic N) is 3. The van der Waals surface area contributed by atoms with E-state index in [1.54, 1.807) is 31.4 Å². The third-order valence-corrected chi connectivity index (χ3v) is 4.09. The number of amides is 4. The first-order valence-corrected chi connectivity index (χ1v) is 8.00. The average molecular weight is 362 g/mol. The van der Waals surface area contributed by atoms with Gasteiger partial charge in [-0.15, -0.1) is 0 Å². The first-order valence-electron chi connectivity index (χ1n) is 7.62. The van der Waals surface area contributed by atoms with E-state index in [1.807, 2.05) is 6.07 Å². The Kier molecular flexibility index (Phi) is 4.71. The largest absolute Gasteiger partial charge is 0.350 e. The number of urea groups is 1. The normalized spacial score (nSPS) is 13.9. The molecule has 1 saturated heterocycles.